The van der Waals surface area contributed by atoms with Crippen molar-refractivity contribution in [3.63, 3.8) is 0 Å². The Kier molecular flexibility index (Phi) is 8.27. The smallest absolute Gasteiger partial charge is 0.204 e. The summed E-state index contributed by atoms with van der Waals surface area (Å²) in [6.45, 7) is 3.67. The van der Waals surface area contributed by atoms with Gasteiger partial charge in [-0.3, -0.25) is 4.98 Å². The Labute approximate surface area is 236 Å². The lowest BCUT2D eigenvalue weighted by Crippen LogP contribution is -2.16. The fourth-order valence-electron chi connectivity index (χ4n) is 4.55. The molecule has 5 aromatic rings. The van der Waals surface area contributed by atoms with Gasteiger partial charge in [0.1, 0.15) is 11.6 Å². The molecule has 0 bridgehead atoms. The number of aromatic amines is 1. The summed E-state index contributed by atoms with van der Waals surface area (Å²) in [4.78, 5) is 9.22. The van der Waals surface area contributed by atoms with Crippen LogP contribution >= 0.6 is 11.6 Å². The van der Waals surface area contributed by atoms with E-state index < -0.39 is 0 Å². The molecule has 6 rings (SSSR count). The van der Waals surface area contributed by atoms with Crippen molar-refractivity contribution in [2.24, 2.45) is 0 Å². The van der Waals surface area contributed by atoms with Gasteiger partial charge in [0.15, 0.2) is 0 Å². The highest BCUT2D eigenvalue weighted by atomic mass is 35.5. The lowest BCUT2D eigenvalue weighted by molar-refractivity contribution is 0.140. The molecule has 10 nitrogen and oxygen atoms in total. The minimum atomic E-state index is 0.352. The molecule has 206 valence electrons. The van der Waals surface area contributed by atoms with Crippen molar-refractivity contribution in [2.45, 2.75) is 38.3 Å². The Morgan fingerprint density at radius 2 is 1.93 bits per heavy atom. The first-order valence-electron chi connectivity index (χ1n) is 13.6. The molecule has 40 heavy (non-hydrogen) atoms. The number of tetrazole rings is 1. The number of ether oxygens (including phenoxy) is 2. The van der Waals surface area contributed by atoms with Gasteiger partial charge in [0, 0.05) is 53.8 Å². The first-order chi connectivity index (χ1) is 19.7. The van der Waals surface area contributed by atoms with Gasteiger partial charge in [0.05, 0.1) is 23.3 Å². The van der Waals surface area contributed by atoms with E-state index in [4.69, 9.17) is 26.1 Å². The summed E-state index contributed by atoms with van der Waals surface area (Å²) in [5.74, 6) is 2.12. The third kappa shape index (κ3) is 6.47. The Bertz CT molecular complexity index is 1580. The number of aromatic nitrogens is 6. The number of anilines is 1. The molecular weight excluding hydrogens is 528 g/mol. The highest BCUT2D eigenvalue weighted by Gasteiger charge is 2.24. The molecule has 3 aromatic heterocycles. The summed E-state index contributed by atoms with van der Waals surface area (Å²) < 4.78 is 11.7. The molecule has 1 aliphatic rings. The topological polar surface area (TPSA) is 123 Å². The zero-order valence-corrected chi connectivity index (χ0v) is 22.8. The van der Waals surface area contributed by atoms with Crippen LogP contribution in [0, 0.1) is 0 Å². The second-order valence-electron chi connectivity index (χ2n) is 9.85. The molecule has 3 N–H and O–H groups in total. The summed E-state index contributed by atoms with van der Waals surface area (Å²) in [6.07, 6.45) is 8.29. The van der Waals surface area contributed by atoms with Gasteiger partial charge < -0.3 is 20.1 Å². The van der Waals surface area contributed by atoms with Gasteiger partial charge in [-0.2, -0.15) is 5.21 Å². The normalized spacial score (nSPS) is 13.2. The predicted molar refractivity (Wildman–Crippen MR) is 156 cm³/mol. The molecule has 1 aliphatic carbocycles. The number of rotatable bonds is 14. The Morgan fingerprint density at radius 1 is 0.975 bits per heavy atom. The van der Waals surface area contributed by atoms with Gasteiger partial charge in [-0.25, -0.2) is 4.98 Å². The first kappa shape index (κ1) is 26.4. The van der Waals surface area contributed by atoms with Crippen LogP contribution in [0.25, 0.3) is 33.1 Å². The highest BCUT2D eigenvalue weighted by molar-refractivity contribution is 6.32. The third-order valence-electron chi connectivity index (χ3n) is 6.77. The third-order valence-corrected chi connectivity index (χ3v) is 7.07. The van der Waals surface area contributed by atoms with Crippen LogP contribution in [0.5, 0.6) is 5.75 Å². The van der Waals surface area contributed by atoms with E-state index in [9.17, 15) is 0 Å². The number of nitrogens with one attached hydrogen (secondary N) is 3. The number of fused-ring (bicyclic) bond motifs is 3. The first-order valence-corrected chi connectivity index (χ1v) is 14.0. The van der Waals surface area contributed by atoms with Gasteiger partial charge in [-0.05, 0) is 67.3 Å². The molecule has 0 unspecified atom stereocenters. The molecule has 0 radical (unpaired) electrons. The number of H-pyrrole nitrogens is 1. The number of hydrogen-bond acceptors (Lipinski definition) is 9. The van der Waals surface area contributed by atoms with Crippen LogP contribution in [0.4, 0.5) is 5.82 Å². The average molecular weight is 559 g/mol. The van der Waals surface area contributed by atoms with Gasteiger partial charge in [0.2, 0.25) is 5.82 Å². The number of hydrogen-bond donors (Lipinski definition) is 3. The van der Waals surface area contributed by atoms with Gasteiger partial charge in [-0.15, -0.1) is 10.2 Å². The van der Waals surface area contributed by atoms with Crippen molar-refractivity contribution in [3.05, 3.63) is 65.4 Å². The summed E-state index contributed by atoms with van der Waals surface area (Å²) in [6, 6.07) is 14.0. The van der Waals surface area contributed by atoms with E-state index in [0.717, 1.165) is 83.1 Å². The molecule has 2 aromatic carbocycles. The fraction of sp³-hybridized carbons (Fsp3) is 0.345. The fourth-order valence-corrected chi connectivity index (χ4v) is 4.80. The van der Waals surface area contributed by atoms with Crippen LogP contribution in [0.1, 0.15) is 31.2 Å². The van der Waals surface area contributed by atoms with Crippen molar-refractivity contribution in [3.8, 4) is 17.1 Å². The molecule has 0 amide bonds. The lowest BCUT2D eigenvalue weighted by atomic mass is 10.1. The van der Waals surface area contributed by atoms with Crippen molar-refractivity contribution in [1.29, 1.82) is 0 Å². The largest absolute Gasteiger partial charge is 0.489 e. The average Bonchev–Trinajstić information content (AvgIpc) is 3.63. The van der Waals surface area contributed by atoms with E-state index in [-0.39, 0.29) is 0 Å². The van der Waals surface area contributed by atoms with Crippen molar-refractivity contribution in [1.82, 2.24) is 35.9 Å². The van der Waals surface area contributed by atoms with Crippen LogP contribution in [0.15, 0.2) is 54.9 Å². The molecule has 0 aliphatic heterocycles. The Balaban J connectivity index is 0.933. The number of nitrogens with zero attached hydrogens (tertiary/aromatic N) is 5. The Hall–Kier alpha value is -3.86. The van der Waals surface area contributed by atoms with Crippen LogP contribution < -0.4 is 15.4 Å². The highest BCUT2D eigenvalue weighted by Crippen LogP contribution is 2.33. The van der Waals surface area contributed by atoms with Gasteiger partial charge >= 0.3 is 0 Å². The lowest BCUT2D eigenvalue weighted by Gasteiger charge is -2.12. The summed E-state index contributed by atoms with van der Waals surface area (Å²) in [7, 11) is 0. The maximum absolute atomic E-state index is 6.35. The van der Waals surface area contributed by atoms with Crippen LogP contribution in [-0.2, 0) is 11.3 Å². The molecule has 0 atom stereocenters. The van der Waals surface area contributed by atoms with Crippen molar-refractivity contribution >= 4 is 39.1 Å². The molecule has 1 saturated carbocycles. The second kappa shape index (κ2) is 12.5. The number of benzene rings is 2. The molecular formula is C29H31ClN8O2. The standard InChI is InChI=1S/C29H31ClN8O2/c30-25-15-19(3-8-27(25)40-21-5-6-21)17-31-10-1-2-13-39-14-12-33-29-23-9-11-32-18-24(23)22-7-4-20(16-26(22)34-29)28-35-37-38-36-28/h3-4,7-9,11,15-16,18,21,31H,1-2,5-6,10,12-14,17H2,(H,33,34)(H,35,36,37,38). The van der Waals surface area contributed by atoms with Gasteiger partial charge in [-0.1, -0.05) is 29.8 Å². The van der Waals surface area contributed by atoms with Crippen molar-refractivity contribution < 1.29 is 9.47 Å². The molecule has 0 spiro atoms. The molecule has 0 saturated heterocycles. The quantitative estimate of drug-likeness (QED) is 0.125. The molecule has 3 heterocycles. The van der Waals surface area contributed by atoms with Crippen LogP contribution in [0.2, 0.25) is 5.02 Å². The van der Waals surface area contributed by atoms with Crippen LogP contribution in [0.3, 0.4) is 0 Å². The second-order valence-corrected chi connectivity index (χ2v) is 10.3. The minimum absolute atomic E-state index is 0.352. The zero-order valence-electron chi connectivity index (χ0n) is 22.1. The zero-order chi connectivity index (χ0) is 27.1. The minimum Gasteiger partial charge on any atom is -0.489 e. The summed E-state index contributed by atoms with van der Waals surface area (Å²) in [5.41, 5.74) is 2.84. The van der Waals surface area contributed by atoms with E-state index in [1.165, 1.54) is 0 Å². The number of halogens is 1. The van der Waals surface area contributed by atoms with Gasteiger partial charge in [0.25, 0.3) is 0 Å². The summed E-state index contributed by atoms with van der Waals surface area (Å²) >= 11 is 6.35. The van der Waals surface area contributed by atoms with E-state index in [2.05, 4.69) is 42.3 Å². The van der Waals surface area contributed by atoms with E-state index >= 15 is 0 Å². The molecule has 1 fully saturated rings. The SMILES string of the molecule is Clc1cc(CNCCCCOCCNc2nc3cc(-c4nn[nH]n4)ccc3c3cnccc23)ccc1OC1CC1. The summed E-state index contributed by atoms with van der Waals surface area (Å²) in [5, 5.41) is 25.0. The molecule has 11 heteroatoms. The Morgan fingerprint density at radius 3 is 2.77 bits per heavy atom. The van der Waals surface area contributed by atoms with Crippen molar-refractivity contribution in [2.75, 3.05) is 31.6 Å². The maximum atomic E-state index is 6.35. The van der Waals surface area contributed by atoms with E-state index in [1.54, 1.807) is 6.20 Å². The monoisotopic (exact) mass is 558 g/mol. The number of pyridine rings is 2. The maximum Gasteiger partial charge on any atom is 0.204 e. The predicted octanol–water partition coefficient (Wildman–Crippen LogP) is 5.16. The van der Waals surface area contributed by atoms with E-state index in [0.29, 0.717) is 36.7 Å². The van der Waals surface area contributed by atoms with E-state index in [1.807, 2.05) is 42.6 Å². The van der Waals surface area contributed by atoms with Crippen LogP contribution in [-0.4, -0.2) is 63.0 Å². The number of unbranched alkanes of at least 4 members (excludes halogenated alkanes) is 1.